The molecule has 1 aliphatic heterocycles. The highest BCUT2D eigenvalue weighted by atomic mass is 16.6. The number of furan rings is 1. The largest absolute Gasteiger partial charge is 0.477 e. The summed E-state index contributed by atoms with van der Waals surface area (Å²) in [6.07, 6.45) is 3.70. The van der Waals surface area contributed by atoms with Crippen molar-refractivity contribution in [3.63, 3.8) is 0 Å². The molecule has 9 heteroatoms. The zero-order valence-corrected chi connectivity index (χ0v) is 14.0. The third-order valence-corrected chi connectivity index (χ3v) is 3.83. The highest BCUT2D eigenvalue weighted by Gasteiger charge is 2.16. The maximum absolute atomic E-state index is 11.7. The van der Waals surface area contributed by atoms with Gasteiger partial charge >= 0.3 is 5.69 Å². The number of carbonyl (C=O) groups excluding carboxylic acids is 1. The Balaban J connectivity index is 1.48. The van der Waals surface area contributed by atoms with E-state index in [1.54, 1.807) is 12.1 Å². The van der Waals surface area contributed by atoms with E-state index in [1.807, 2.05) is 6.07 Å². The van der Waals surface area contributed by atoms with Crippen LogP contribution in [0, 0.1) is 10.1 Å². The Morgan fingerprint density at radius 2 is 2.08 bits per heavy atom. The molecule has 1 fully saturated rings. The van der Waals surface area contributed by atoms with E-state index >= 15 is 0 Å². The smallest absolute Gasteiger partial charge is 0.310 e. The van der Waals surface area contributed by atoms with Crippen LogP contribution in [0.3, 0.4) is 0 Å². The number of hydrogen-bond donors (Lipinski definition) is 1. The molecule has 1 saturated heterocycles. The Labute approximate surface area is 149 Å². The predicted molar refractivity (Wildman–Crippen MR) is 94.5 cm³/mol. The van der Waals surface area contributed by atoms with Crippen LogP contribution in [0.5, 0.6) is 5.75 Å². The summed E-state index contributed by atoms with van der Waals surface area (Å²) in [5.41, 5.74) is 2.09. The average molecular weight is 358 g/mol. The molecular weight excluding hydrogens is 340 g/mol. The fourth-order valence-electron chi connectivity index (χ4n) is 2.59. The van der Waals surface area contributed by atoms with E-state index in [9.17, 15) is 14.9 Å². The molecule has 1 aromatic carbocycles. The first kappa shape index (κ1) is 17.5. The number of nitro groups is 1. The van der Waals surface area contributed by atoms with Gasteiger partial charge in [0.1, 0.15) is 5.76 Å². The van der Waals surface area contributed by atoms with Crippen LogP contribution in [-0.4, -0.2) is 36.7 Å². The van der Waals surface area contributed by atoms with Crippen LogP contribution in [0.1, 0.15) is 18.6 Å². The summed E-state index contributed by atoms with van der Waals surface area (Å²) in [4.78, 5) is 24.2. The lowest BCUT2D eigenvalue weighted by Gasteiger charge is -2.12. The number of ether oxygens (including phenoxy) is 1. The Bertz CT molecular complexity index is 811. The lowest BCUT2D eigenvalue weighted by atomic mass is 10.3. The molecule has 0 unspecified atom stereocenters. The first-order chi connectivity index (χ1) is 12.6. The summed E-state index contributed by atoms with van der Waals surface area (Å²) >= 11 is 0. The normalized spacial score (nSPS) is 13.9. The molecule has 2 heterocycles. The van der Waals surface area contributed by atoms with E-state index in [1.165, 1.54) is 24.4 Å². The summed E-state index contributed by atoms with van der Waals surface area (Å²) in [5.74, 6) is 0.797. The molecule has 0 saturated carbocycles. The van der Waals surface area contributed by atoms with E-state index in [0.29, 0.717) is 5.76 Å². The van der Waals surface area contributed by atoms with Gasteiger partial charge in [0.25, 0.3) is 5.91 Å². The number of carbonyl (C=O) groups is 1. The topological polar surface area (TPSA) is 110 Å². The highest BCUT2D eigenvalue weighted by molar-refractivity contribution is 5.81. The third kappa shape index (κ3) is 4.38. The second-order valence-corrected chi connectivity index (χ2v) is 5.68. The Morgan fingerprint density at radius 1 is 1.31 bits per heavy atom. The summed E-state index contributed by atoms with van der Waals surface area (Å²) in [6, 6.07) is 9.49. The number of hydrazone groups is 1. The Hall–Kier alpha value is -3.36. The Morgan fingerprint density at radius 3 is 2.85 bits per heavy atom. The summed E-state index contributed by atoms with van der Waals surface area (Å²) < 4.78 is 10.8. The van der Waals surface area contributed by atoms with E-state index in [4.69, 9.17) is 9.15 Å². The Kier molecular flexibility index (Phi) is 5.47. The molecular formula is C17H18N4O5. The average Bonchev–Trinajstić information content (AvgIpc) is 3.31. The van der Waals surface area contributed by atoms with Crippen molar-refractivity contribution in [3.05, 3.63) is 52.3 Å². The van der Waals surface area contributed by atoms with Gasteiger partial charge in [-0.3, -0.25) is 14.9 Å². The van der Waals surface area contributed by atoms with Gasteiger partial charge in [-0.15, -0.1) is 0 Å². The van der Waals surface area contributed by atoms with E-state index in [-0.39, 0.29) is 18.0 Å². The van der Waals surface area contributed by atoms with E-state index < -0.39 is 10.8 Å². The standard InChI is InChI=1S/C17H18N4O5/c22-16(12-25-15-6-2-1-5-14(15)21(23)24)19-18-11-13-7-8-17(26-13)20-9-3-4-10-20/h1-2,5-8,11H,3-4,9-10,12H2,(H,19,22)/b18-11+. The summed E-state index contributed by atoms with van der Waals surface area (Å²) in [7, 11) is 0. The van der Waals surface area contributed by atoms with E-state index in [0.717, 1.165) is 31.8 Å². The minimum atomic E-state index is -0.569. The number of nitrogens with zero attached hydrogens (tertiary/aromatic N) is 3. The van der Waals surface area contributed by atoms with Crippen molar-refractivity contribution in [2.24, 2.45) is 5.10 Å². The van der Waals surface area contributed by atoms with Crippen molar-refractivity contribution in [2.45, 2.75) is 12.8 Å². The zero-order valence-electron chi connectivity index (χ0n) is 14.0. The molecule has 2 aromatic rings. The number of anilines is 1. The summed E-state index contributed by atoms with van der Waals surface area (Å²) in [5, 5.41) is 14.7. The molecule has 0 aliphatic carbocycles. The van der Waals surface area contributed by atoms with Crippen LogP contribution in [0.4, 0.5) is 11.6 Å². The minimum absolute atomic E-state index is 0.0259. The van der Waals surface area contributed by atoms with Gasteiger partial charge in [0, 0.05) is 25.2 Å². The molecule has 9 nitrogen and oxygen atoms in total. The number of amides is 1. The van der Waals surface area contributed by atoms with Crippen molar-refractivity contribution in [3.8, 4) is 5.75 Å². The van der Waals surface area contributed by atoms with Gasteiger partial charge in [-0.2, -0.15) is 5.10 Å². The molecule has 1 aromatic heterocycles. The zero-order chi connectivity index (χ0) is 18.4. The second-order valence-electron chi connectivity index (χ2n) is 5.68. The molecule has 26 heavy (non-hydrogen) atoms. The van der Waals surface area contributed by atoms with Crippen LogP contribution in [0.15, 0.2) is 45.9 Å². The van der Waals surface area contributed by atoms with Crippen molar-refractivity contribution < 1.29 is 18.9 Å². The van der Waals surface area contributed by atoms with Crippen molar-refractivity contribution >= 4 is 23.7 Å². The van der Waals surface area contributed by atoms with Gasteiger partial charge in [0.05, 0.1) is 11.1 Å². The van der Waals surface area contributed by atoms with Gasteiger partial charge in [0.2, 0.25) is 0 Å². The van der Waals surface area contributed by atoms with E-state index in [2.05, 4.69) is 15.4 Å². The quantitative estimate of drug-likeness (QED) is 0.462. The molecule has 1 N–H and O–H groups in total. The first-order valence-corrected chi connectivity index (χ1v) is 8.16. The van der Waals surface area contributed by atoms with Crippen LogP contribution >= 0.6 is 0 Å². The summed E-state index contributed by atoms with van der Waals surface area (Å²) in [6.45, 7) is 1.56. The number of nitro benzene ring substituents is 1. The monoisotopic (exact) mass is 358 g/mol. The minimum Gasteiger partial charge on any atom is -0.477 e. The molecule has 1 amide bonds. The first-order valence-electron chi connectivity index (χ1n) is 8.16. The third-order valence-electron chi connectivity index (χ3n) is 3.83. The van der Waals surface area contributed by atoms with Gasteiger partial charge in [-0.1, -0.05) is 12.1 Å². The number of rotatable bonds is 7. The number of nitrogens with one attached hydrogen (secondary N) is 1. The predicted octanol–water partition coefficient (Wildman–Crippen LogP) is 2.32. The van der Waals surface area contributed by atoms with Gasteiger partial charge in [-0.25, -0.2) is 5.43 Å². The second kappa shape index (κ2) is 8.15. The molecule has 136 valence electrons. The van der Waals surface area contributed by atoms with Crippen molar-refractivity contribution in [2.75, 3.05) is 24.6 Å². The van der Waals surface area contributed by atoms with Gasteiger partial charge in [-0.05, 0) is 25.0 Å². The number of para-hydroxylation sites is 2. The lowest BCUT2D eigenvalue weighted by Crippen LogP contribution is -2.24. The number of benzene rings is 1. The van der Waals surface area contributed by atoms with Gasteiger partial charge < -0.3 is 14.1 Å². The molecule has 0 spiro atoms. The molecule has 0 radical (unpaired) electrons. The fourth-order valence-corrected chi connectivity index (χ4v) is 2.59. The van der Waals surface area contributed by atoms with Gasteiger partial charge in [0.15, 0.2) is 18.2 Å². The maximum atomic E-state index is 11.7. The molecule has 0 atom stereocenters. The van der Waals surface area contributed by atoms with Crippen LogP contribution in [0.25, 0.3) is 0 Å². The highest BCUT2D eigenvalue weighted by Crippen LogP contribution is 2.25. The molecule has 3 rings (SSSR count). The maximum Gasteiger partial charge on any atom is 0.310 e. The van der Waals surface area contributed by atoms with Crippen molar-refractivity contribution in [1.29, 1.82) is 0 Å². The molecule has 1 aliphatic rings. The van der Waals surface area contributed by atoms with Crippen LogP contribution in [-0.2, 0) is 4.79 Å². The fraction of sp³-hybridized carbons (Fsp3) is 0.294. The SMILES string of the molecule is O=C(COc1ccccc1[N+](=O)[O-])N/N=C/c1ccc(N2CCCC2)o1. The number of hydrogen-bond acceptors (Lipinski definition) is 7. The van der Waals surface area contributed by atoms with Crippen LogP contribution < -0.4 is 15.1 Å². The van der Waals surface area contributed by atoms with Crippen molar-refractivity contribution in [1.82, 2.24) is 5.43 Å². The lowest BCUT2D eigenvalue weighted by molar-refractivity contribution is -0.385. The van der Waals surface area contributed by atoms with Crippen LogP contribution in [0.2, 0.25) is 0 Å². The molecule has 0 bridgehead atoms.